The zero-order chi connectivity index (χ0) is 22.0. The largest absolute Gasteiger partial charge is 0.452 e. The van der Waals surface area contributed by atoms with Gasteiger partial charge in [-0.1, -0.05) is 48.0 Å². The fourth-order valence-electron chi connectivity index (χ4n) is 3.83. The summed E-state index contributed by atoms with van der Waals surface area (Å²) in [4.78, 5) is 31.9. The van der Waals surface area contributed by atoms with Crippen LogP contribution >= 0.6 is 11.6 Å². The molecule has 3 aromatic rings. The third-order valence-corrected chi connectivity index (χ3v) is 5.51. The monoisotopic (exact) mass is 438 g/mol. The minimum Gasteiger partial charge on any atom is -0.452 e. The van der Waals surface area contributed by atoms with Gasteiger partial charge in [0.2, 0.25) is 0 Å². The fraction of sp³-hybridized carbons (Fsp3) is 0.292. The number of aromatic nitrogens is 1. The Kier molecular flexibility index (Phi) is 6.20. The van der Waals surface area contributed by atoms with Crippen LogP contribution in [-0.4, -0.2) is 53.7 Å². The molecule has 0 spiro atoms. The van der Waals surface area contributed by atoms with Crippen LogP contribution in [0.4, 0.5) is 0 Å². The van der Waals surface area contributed by atoms with Crippen molar-refractivity contribution in [2.45, 2.75) is 26.1 Å². The van der Waals surface area contributed by atoms with Crippen molar-refractivity contribution in [1.82, 2.24) is 9.88 Å². The summed E-state index contributed by atoms with van der Waals surface area (Å²) < 4.78 is 11.1. The number of benzene rings is 2. The Morgan fingerprint density at radius 3 is 2.52 bits per heavy atom. The zero-order valence-corrected chi connectivity index (χ0v) is 18.1. The summed E-state index contributed by atoms with van der Waals surface area (Å²) in [5, 5.41) is 1.19. The number of hydrogen-bond donors (Lipinski definition) is 0. The van der Waals surface area contributed by atoms with Gasteiger partial charge >= 0.3 is 5.97 Å². The molecule has 1 fully saturated rings. The Morgan fingerprint density at radius 1 is 1.10 bits per heavy atom. The number of carbonyl (C=O) groups excluding carboxylic acids is 2. The number of amides is 1. The number of carbonyl (C=O) groups is 2. The second-order valence-corrected chi connectivity index (χ2v) is 8.09. The van der Waals surface area contributed by atoms with E-state index in [0.717, 1.165) is 5.56 Å². The number of ether oxygens (including phenoxy) is 2. The molecule has 2 atom stereocenters. The molecule has 6 nitrogen and oxygen atoms in total. The lowest BCUT2D eigenvalue weighted by Crippen LogP contribution is -2.49. The van der Waals surface area contributed by atoms with Gasteiger partial charge in [0.25, 0.3) is 5.91 Å². The van der Waals surface area contributed by atoms with Crippen LogP contribution < -0.4 is 0 Å². The van der Waals surface area contributed by atoms with Crippen LogP contribution in [0.1, 0.15) is 24.2 Å². The number of morpholine rings is 1. The Labute approximate surface area is 185 Å². The smallest absolute Gasteiger partial charge is 0.339 e. The molecule has 0 bridgehead atoms. The first-order valence-electron chi connectivity index (χ1n) is 10.2. The summed E-state index contributed by atoms with van der Waals surface area (Å²) >= 11 is 6.34. The molecule has 0 N–H and O–H groups in total. The normalized spacial score (nSPS) is 18.7. The minimum atomic E-state index is -0.574. The number of rotatable bonds is 4. The molecule has 1 saturated heterocycles. The van der Waals surface area contributed by atoms with Gasteiger partial charge in [-0.25, -0.2) is 9.78 Å². The molecule has 2 aromatic carbocycles. The second kappa shape index (κ2) is 9.04. The van der Waals surface area contributed by atoms with E-state index in [-0.39, 0.29) is 24.7 Å². The molecular weight excluding hydrogens is 416 g/mol. The average Bonchev–Trinajstić information content (AvgIpc) is 2.76. The Hall–Kier alpha value is -2.96. The molecule has 2 heterocycles. The van der Waals surface area contributed by atoms with E-state index in [1.54, 1.807) is 17.0 Å². The summed E-state index contributed by atoms with van der Waals surface area (Å²) in [6.45, 7) is 4.48. The molecule has 0 saturated carbocycles. The molecule has 0 radical (unpaired) electrons. The SMILES string of the molecule is CC1CN(C(=O)COC(=O)c2cc(-c3ccccc3Cl)nc3ccccc23)CC(C)O1. The van der Waals surface area contributed by atoms with Gasteiger partial charge in [0.1, 0.15) is 0 Å². The highest BCUT2D eigenvalue weighted by Crippen LogP contribution is 2.30. The van der Waals surface area contributed by atoms with Crippen LogP contribution in [0.2, 0.25) is 5.02 Å². The minimum absolute atomic E-state index is 0.0503. The summed E-state index contributed by atoms with van der Waals surface area (Å²) in [6, 6.07) is 16.3. The van der Waals surface area contributed by atoms with Gasteiger partial charge in [0.05, 0.1) is 29.0 Å². The molecule has 31 heavy (non-hydrogen) atoms. The van der Waals surface area contributed by atoms with Crippen molar-refractivity contribution in [3.05, 3.63) is 65.2 Å². The number of para-hydroxylation sites is 1. The topological polar surface area (TPSA) is 68.7 Å². The van der Waals surface area contributed by atoms with Crippen molar-refractivity contribution in [3.8, 4) is 11.3 Å². The highest BCUT2D eigenvalue weighted by atomic mass is 35.5. The first kappa shape index (κ1) is 21.3. The zero-order valence-electron chi connectivity index (χ0n) is 17.4. The maximum absolute atomic E-state index is 13.0. The van der Waals surface area contributed by atoms with Gasteiger partial charge < -0.3 is 14.4 Å². The van der Waals surface area contributed by atoms with Crippen LogP contribution in [0.5, 0.6) is 0 Å². The lowest BCUT2D eigenvalue weighted by Gasteiger charge is -2.35. The van der Waals surface area contributed by atoms with Gasteiger partial charge in [0, 0.05) is 29.1 Å². The molecular formula is C24H23ClN2O4. The predicted molar refractivity (Wildman–Crippen MR) is 119 cm³/mol. The van der Waals surface area contributed by atoms with Crippen molar-refractivity contribution in [2.24, 2.45) is 0 Å². The highest BCUT2D eigenvalue weighted by Gasteiger charge is 2.27. The molecule has 1 aliphatic rings. The summed E-state index contributed by atoms with van der Waals surface area (Å²) in [5.41, 5.74) is 2.28. The third-order valence-electron chi connectivity index (χ3n) is 5.18. The van der Waals surface area contributed by atoms with E-state index in [1.165, 1.54) is 0 Å². The maximum Gasteiger partial charge on any atom is 0.339 e. The van der Waals surface area contributed by atoms with Crippen LogP contribution in [0, 0.1) is 0 Å². The standard InChI is InChI=1S/C24H23ClN2O4/c1-15-12-27(13-16(2)31-15)23(28)14-30-24(29)19-11-22(18-8-3-5-9-20(18)25)26-21-10-6-4-7-17(19)21/h3-11,15-16H,12-14H2,1-2H3. The quantitative estimate of drug-likeness (QED) is 0.566. The molecule has 160 valence electrons. The predicted octanol–water partition coefficient (Wildman–Crippen LogP) is 4.35. The van der Waals surface area contributed by atoms with Crippen molar-refractivity contribution in [3.63, 3.8) is 0 Å². The van der Waals surface area contributed by atoms with Gasteiger partial charge in [-0.15, -0.1) is 0 Å². The van der Waals surface area contributed by atoms with Crippen LogP contribution in [-0.2, 0) is 14.3 Å². The summed E-state index contributed by atoms with van der Waals surface area (Å²) in [7, 11) is 0. The lowest BCUT2D eigenvalue weighted by molar-refractivity contribution is -0.146. The first-order chi connectivity index (χ1) is 14.9. The Bertz CT molecular complexity index is 1120. The molecule has 7 heteroatoms. The van der Waals surface area contributed by atoms with Gasteiger partial charge in [-0.3, -0.25) is 4.79 Å². The van der Waals surface area contributed by atoms with E-state index in [9.17, 15) is 9.59 Å². The van der Waals surface area contributed by atoms with E-state index < -0.39 is 5.97 Å². The Balaban J connectivity index is 1.59. The molecule has 2 unspecified atom stereocenters. The lowest BCUT2D eigenvalue weighted by atomic mass is 10.0. The molecule has 0 aliphatic carbocycles. The second-order valence-electron chi connectivity index (χ2n) is 7.68. The first-order valence-corrected chi connectivity index (χ1v) is 10.5. The number of halogens is 1. The van der Waals surface area contributed by atoms with Gasteiger partial charge in [0.15, 0.2) is 6.61 Å². The van der Waals surface area contributed by atoms with E-state index in [0.29, 0.717) is 40.3 Å². The maximum atomic E-state index is 13.0. The van der Waals surface area contributed by atoms with E-state index >= 15 is 0 Å². The van der Waals surface area contributed by atoms with Crippen molar-refractivity contribution in [2.75, 3.05) is 19.7 Å². The summed E-state index contributed by atoms with van der Waals surface area (Å²) in [6.07, 6.45) is -0.101. The fourth-order valence-corrected chi connectivity index (χ4v) is 4.06. The van der Waals surface area contributed by atoms with Crippen LogP contribution in [0.3, 0.4) is 0 Å². The van der Waals surface area contributed by atoms with Crippen molar-refractivity contribution in [1.29, 1.82) is 0 Å². The van der Waals surface area contributed by atoms with Gasteiger partial charge in [-0.05, 0) is 32.0 Å². The number of pyridine rings is 1. The highest BCUT2D eigenvalue weighted by molar-refractivity contribution is 6.33. The average molecular weight is 439 g/mol. The summed E-state index contributed by atoms with van der Waals surface area (Å²) in [5.74, 6) is -0.811. The number of nitrogens with zero attached hydrogens (tertiary/aromatic N) is 2. The molecule has 4 rings (SSSR count). The number of fused-ring (bicyclic) bond motifs is 1. The van der Waals surface area contributed by atoms with E-state index in [4.69, 9.17) is 21.1 Å². The van der Waals surface area contributed by atoms with Gasteiger partial charge in [-0.2, -0.15) is 0 Å². The number of hydrogen-bond acceptors (Lipinski definition) is 5. The van der Waals surface area contributed by atoms with E-state index in [1.807, 2.05) is 56.3 Å². The Morgan fingerprint density at radius 2 is 1.77 bits per heavy atom. The number of esters is 1. The molecule has 1 amide bonds. The van der Waals surface area contributed by atoms with Crippen LogP contribution in [0.25, 0.3) is 22.2 Å². The third kappa shape index (κ3) is 4.70. The van der Waals surface area contributed by atoms with E-state index in [2.05, 4.69) is 4.98 Å². The van der Waals surface area contributed by atoms with Crippen molar-refractivity contribution < 1.29 is 19.1 Å². The van der Waals surface area contributed by atoms with Crippen molar-refractivity contribution >= 4 is 34.4 Å². The molecule has 1 aliphatic heterocycles. The van der Waals surface area contributed by atoms with Crippen LogP contribution in [0.15, 0.2) is 54.6 Å². The molecule has 1 aromatic heterocycles.